The third-order valence-corrected chi connectivity index (χ3v) is 5.79. The highest BCUT2D eigenvalue weighted by Gasteiger charge is 2.31. The molecule has 0 bridgehead atoms. The van der Waals surface area contributed by atoms with E-state index < -0.39 is 22.0 Å². The van der Waals surface area contributed by atoms with Crippen LogP contribution in [0.4, 0.5) is 0 Å². The Bertz CT molecular complexity index is 610. The predicted octanol–water partition coefficient (Wildman–Crippen LogP) is 1.12. The fraction of sp³-hybridized carbons (Fsp3) is 0.462. The number of sulfonamides is 1. The summed E-state index contributed by atoms with van der Waals surface area (Å²) >= 11 is 5.76. The monoisotopic (exact) mass is 332 g/mol. The van der Waals surface area contributed by atoms with Crippen molar-refractivity contribution >= 4 is 27.6 Å². The Morgan fingerprint density at radius 1 is 1.19 bits per heavy atom. The van der Waals surface area contributed by atoms with Crippen LogP contribution in [-0.2, 0) is 14.8 Å². The van der Waals surface area contributed by atoms with Gasteiger partial charge in [-0.3, -0.25) is 9.69 Å². The van der Waals surface area contributed by atoms with E-state index in [0.29, 0.717) is 18.1 Å². The number of carboxylic acids is 1. The fourth-order valence-corrected chi connectivity index (χ4v) is 3.79. The molecule has 1 aromatic carbocycles. The largest absolute Gasteiger partial charge is 0.480 e. The minimum atomic E-state index is -3.55. The average molecular weight is 333 g/mol. The van der Waals surface area contributed by atoms with Gasteiger partial charge >= 0.3 is 5.97 Å². The topological polar surface area (TPSA) is 77.9 Å². The number of benzene rings is 1. The zero-order valence-corrected chi connectivity index (χ0v) is 13.1. The van der Waals surface area contributed by atoms with Gasteiger partial charge in [0, 0.05) is 31.2 Å². The lowest BCUT2D eigenvalue weighted by molar-refractivity contribution is -0.143. The van der Waals surface area contributed by atoms with Crippen LogP contribution in [0.1, 0.15) is 6.92 Å². The van der Waals surface area contributed by atoms with Crippen LogP contribution in [0.25, 0.3) is 0 Å². The third-order valence-electron chi connectivity index (χ3n) is 3.63. The lowest BCUT2D eigenvalue weighted by atomic mass is 10.2. The first-order valence-corrected chi connectivity index (χ1v) is 8.37. The fourth-order valence-electron chi connectivity index (χ4n) is 2.24. The van der Waals surface area contributed by atoms with Crippen molar-refractivity contribution in [2.75, 3.05) is 26.2 Å². The van der Waals surface area contributed by atoms with Crippen molar-refractivity contribution in [2.24, 2.45) is 0 Å². The minimum Gasteiger partial charge on any atom is -0.480 e. The van der Waals surface area contributed by atoms with Crippen molar-refractivity contribution in [1.82, 2.24) is 9.21 Å². The molecule has 0 aliphatic carbocycles. The van der Waals surface area contributed by atoms with Crippen LogP contribution < -0.4 is 0 Å². The van der Waals surface area contributed by atoms with Crippen LogP contribution in [0.5, 0.6) is 0 Å². The first-order valence-electron chi connectivity index (χ1n) is 6.55. The Balaban J connectivity index is 2.07. The number of hydrogen-bond donors (Lipinski definition) is 1. The van der Waals surface area contributed by atoms with Crippen molar-refractivity contribution in [3.05, 3.63) is 29.3 Å². The van der Waals surface area contributed by atoms with E-state index in [0.717, 1.165) is 0 Å². The molecular weight excluding hydrogens is 316 g/mol. The second kappa shape index (κ2) is 6.31. The number of hydrogen-bond acceptors (Lipinski definition) is 4. The molecule has 116 valence electrons. The van der Waals surface area contributed by atoms with Crippen LogP contribution in [-0.4, -0.2) is 60.9 Å². The van der Waals surface area contributed by atoms with E-state index in [1.54, 1.807) is 11.8 Å². The van der Waals surface area contributed by atoms with Gasteiger partial charge in [-0.1, -0.05) is 11.6 Å². The van der Waals surface area contributed by atoms with Gasteiger partial charge < -0.3 is 5.11 Å². The van der Waals surface area contributed by atoms with Crippen molar-refractivity contribution in [3.63, 3.8) is 0 Å². The third kappa shape index (κ3) is 3.55. The highest BCUT2D eigenvalue weighted by atomic mass is 35.5. The van der Waals surface area contributed by atoms with E-state index in [2.05, 4.69) is 0 Å². The average Bonchev–Trinajstić information content (AvgIpc) is 2.47. The summed E-state index contributed by atoms with van der Waals surface area (Å²) in [5.74, 6) is -0.899. The molecule has 0 aromatic heterocycles. The summed E-state index contributed by atoms with van der Waals surface area (Å²) in [7, 11) is -3.55. The van der Waals surface area contributed by atoms with Crippen molar-refractivity contribution in [2.45, 2.75) is 17.9 Å². The number of carbonyl (C=O) groups is 1. The maximum atomic E-state index is 12.5. The molecule has 1 aliphatic heterocycles. The molecule has 1 fully saturated rings. The van der Waals surface area contributed by atoms with Crippen LogP contribution in [0, 0.1) is 0 Å². The van der Waals surface area contributed by atoms with Gasteiger partial charge in [0.05, 0.1) is 4.90 Å². The molecule has 21 heavy (non-hydrogen) atoms. The van der Waals surface area contributed by atoms with Crippen LogP contribution in [0.15, 0.2) is 29.2 Å². The summed E-state index contributed by atoms with van der Waals surface area (Å²) in [4.78, 5) is 12.9. The van der Waals surface area contributed by atoms with Gasteiger partial charge in [0.2, 0.25) is 10.0 Å². The van der Waals surface area contributed by atoms with Crippen LogP contribution >= 0.6 is 11.6 Å². The SMILES string of the molecule is CC(C(=O)O)N1CCN(S(=O)(=O)c2ccc(Cl)cc2)CC1. The molecule has 1 atom stereocenters. The minimum absolute atomic E-state index is 0.201. The van der Waals surface area contributed by atoms with Gasteiger partial charge in [-0.15, -0.1) is 0 Å². The zero-order valence-electron chi connectivity index (χ0n) is 11.6. The lowest BCUT2D eigenvalue weighted by Gasteiger charge is -2.35. The molecule has 6 nitrogen and oxygen atoms in total. The number of halogens is 1. The summed E-state index contributed by atoms with van der Waals surface area (Å²) in [6.07, 6.45) is 0. The molecule has 0 spiro atoms. The molecule has 1 aromatic rings. The van der Waals surface area contributed by atoms with Gasteiger partial charge in [0.1, 0.15) is 6.04 Å². The van der Waals surface area contributed by atoms with E-state index in [1.807, 2.05) is 0 Å². The predicted molar refractivity (Wildman–Crippen MR) is 78.9 cm³/mol. The Morgan fingerprint density at radius 3 is 2.19 bits per heavy atom. The number of rotatable bonds is 4. The van der Waals surface area contributed by atoms with Gasteiger partial charge in [0.15, 0.2) is 0 Å². The number of nitrogens with zero attached hydrogens (tertiary/aromatic N) is 2. The number of carboxylic acid groups (broad SMARTS) is 1. The maximum Gasteiger partial charge on any atom is 0.320 e. The highest BCUT2D eigenvalue weighted by molar-refractivity contribution is 7.89. The zero-order chi connectivity index (χ0) is 15.6. The van der Waals surface area contributed by atoms with Crippen LogP contribution in [0.2, 0.25) is 5.02 Å². The summed E-state index contributed by atoms with van der Waals surface area (Å²) in [6.45, 7) is 2.97. The van der Waals surface area contributed by atoms with E-state index in [-0.39, 0.29) is 18.0 Å². The summed E-state index contributed by atoms with van der Waals surface area (Å²) < 4.78 is 26.3. The molecule has 1 N–H and O–H groups in total. The van der Waals surface area contributed by atoms with E-state index in [1.165, 1.54) is 28.6 Å². The summed E-state index contributed by atoms with van der Waals surface area (Å²) in [5, 5.41) is 9.46. The first kappa shape index (κ1) is 16.2. The Morgan fingerprint density at radius 2 is 1.71 bits per heavy atom. The van der Waals surface area contributed by atoms with Gasteiger partial charge in [0.25, 0.3) is 0 Å². The molecular formula is C13H17ClN2O4S. The quantitative estimate of drug-likeness (QED) is 0.894. The van der Waals surface area contributed by atoms with E-state index in [9.17, 15) is 13.2 Å². The second-order valence-corrected chi connectivity index (χ2v) is 7.28. The normalized spacial score (nSPS) is 19.3. The summed E-state index contributed by atoms with van der Waals surface area (Å²) in [6, 6.07) is 5.42. The Hall–Kier alpha value is -1.15. The van der Waals surface area contributed by atoms with Crippen molar-refractivity contribution in [1.29, 1.82) is 0 Å². The number of aliphatic carboxylic acids is 1. The molecule has 1 unspecified atom stereocenters. The van der Waals surface area contributed by atoms with Gasteiger partial charge in [-0.25, -0.2) is 8.42 Å². The molecule has 8 heteroatoms. The molecule has 1 saturated heterocycles. The Labute approximate surface area is 129 Å². The molecule has 0 radical (unpaired) electrons. The molecule has 1 aliphatic rings. The first-order chi connectivity index (χ1) is 9.82. The summed E-state index contributed by atoms with van der Waals surface area (Å²) in [5.41, 5.74) is 0. The maximum absolute atomic E-state index is 12.5. The van der Waals surface area contributed by atoms with Gasteiger partial charge in [-0.05, 0) is 31.2 Å². The highest BCUT2D eigenvalue weighted by Crippen LogP contribution is 2.20. The molecule has 2 rings (SSSR count). The standard InChI is InChI=1S/C13H17ClN2O4S/c1-10(13(17)18)15-6-8-16(9-7-15)21(19,20)12-4-2-11(14)3-5-12/h2-5,10H,6-9H2,1H3,(H,17,18). The molecule has 0 saturated carbocycles. The smallest absolute Gasteiger partial charge is 0.320 e. The van der Waals surface area contributed by atoms with Crippen molar-refractivity contribution < 1.29 is 18.3 Å². The van der Waals surface area contributed by atoms with E-state index in [4.69, 9.17) is 16.7 Å². The Kier molecular flexibility index (Phi) is 4.88. The van der Waals surface area contributed by atoms with E-state index >= 15 is 0 Å². The number of piperazine rings is 1. The second-order valence-electron chi connectivity index (χ2n) is 4.91. The van der Waals surface area contributed by atoms with Gasteiger partial charge in [-0.2, -0.15) is 4.31 Å². The lowest BCUT2D eigenvalue weighted by Crippen LogP contribution is -2.53. The molecule has 0 amide bonds. The van der Waals surface area contributed by atoms with Crippen LogP contribution in [0.3, 0.4) is 0 Å². The molecule has 1 heterocycles. The van der Waals surface area contributed by atoms with Crippen molar-refractivity contribution in [3.8, 4) is 0 Å².